The van der Waals surface area contributed by atoms with Crippen molar-refractivity contribution in [3.8, 4) is 0 Å². The summed E-state index contributed by atoms with van der Waals surface area (Å²) in [5.74, 6) is 5.97. The molecule has 0 spiro atoms. The van der Waals surface area contributed by atoms with Gasteiger partial charge in [-0.25, -0.2) is 0 Å². The van der Waals surface area contributed by atoms with Crippen LogP contribution in [0.1, 0.15) is 98.3 Å². The van der Waals surface area contributed by atoms with Gasteiger partial charge in [-0.15, -0.1) is 0 Å². The third kappa shape index (κ3) is 2.68. The van der Waals surface area contributed by atoms with Gasteiger partial charge in [-0.05, 0) is 111 Å². The van der Waals surface area contributed by atoms with Crippen LogP contribution in [0.15, 0.2) is 12.2 Å². The van der Waals surface area contributed by atoms with Crippen molar-refractivity contribution in [2.24, 2.45) is 46.3 Å². The maximum absolute atomic E-state index is 4.38. The van der Waals surface area contributed by atoms with Crippen LogP contribution in [-0.2, 0) is 0 Å². The van der Waals surface area contributed by atoms with Crippen molar-refractivity contribution < 1.29 is 0 Å². The third-order valence-corrected chi connectivity index (χ3v) is 10.1. The smallest absolute Gasteiger partial charge is 0.0152 e. The Kier molecular flexibility index (Phi) is 4.65. The van der Waals surface area contributed by atoms with Crippen LogP contribution in [0.4, 0.5) is 0 Å². The molecule has 8 atom stereocenters. The van der Waals surface area contributed by atoms with Crippen LogP contribution in [-0.4, -0.2) is 0 Å². The van der Waals surface area contributed by atoms with Crippen molar-refractivity contribution >= 4 is 0 Å². The number of rotatable bonds is 3. The van der Waals surface area contributed by atoms with E-state index in [2.05, 4.69) is 34.3 Å². The zero-order valence-corrected chi connectivity index (χ0v) is 17.4. The molecule has 0 bridgehead atoms. The summed E-state index contributed by atoms with van der Waals surface area (Å²) < 4.78 is 0. The second-order valence-corrected chi connectivity index (χ2v) is 11.1. The van der Waals surface area contributed by atoms with E-state index in [-0.39, 0.29) is 0 Å². The van der Waals surface area contributed by atoms with E-state index in [0.717, 1.165) is 35.5 Å². The van der Waals surface area contributed by atoms with Crippen LogP contribution >= 0.6 is 0 Å². The highest BCUT2D eigenvalue weighted by Gasteiger charge is 2.60. The highest BCUT2D eigenvalue weighted by molar-refractivity contribution is 5.15. The van der Waals surface area contributed by atoms with Gasteiger partial charge in [0, 0.05) is 0 Å². The van der Waals surface area contributed by atoms with E-state index in [4.69, 9.17) is 0 Å². The molecule has 142 valence electrons. The summed E-state index contributed by atoms with van der Waals surface area (Å²) in [5, 5.41) is 0. The molecule has 0 heterocycles. The van der Waals surface area contributed by atoms with Crippen LogP contribution in [0.5, 0.6) is 0 Å². The number of allylic oxidation sites excluding steroid dienone is 1. The van der Waals surface area contributed by atoms with Crippen molar-refractivity contribution in [2.75, 3.05) is 0 Å². The van der Waals surface area contributed by atoms with E-state index in [1.807, 2.05) is 0 Å². The zero-order valence-electron chi connectivity index (χ0n) is 17.4. The Bertz CT molecular complexity index is 518. The zero-order chi connectivity index (χ0) is 17.8. The molecule has 0 aromatic heterocycles. The molecule has 0 aromatic rings. The van der Waals surface area contributed by atoms with Gasteiger partial charge in [0.2, 0.25) is 0 Å². The van der Waals surface area contributed by atoms with E-state index in [0.29, 0.717) is 10.8 Å². The molecule has 0 nitrogen and oxygen atoms in total. The summed E-state index contributed by atoms with van der Waals surface area (Å²) >= 11 is 0. The molecule has 0 radical (unpaired) electrons. The lowest BCUT2D eigenvalue weighted by Gasteiger charge is -2.61. The van der Waals surface area contributed by atoms with Crippen molar-refractivity contribution in [1.82, 2.24) is 0 Å². The first-order chi connectivity index (χ1) is 11.9. The molecule has 4 aliphatic carbocycles. The lowest BCUT2D eigenvalue weighted by molar-refractivity contribution is -0.116. The van der Waals surface area contributed by atoms with Crippen LogP contribution in [0.2, 0.25) is 0 Å². The average molecular weight is 343 g/mol. The first-order valence-corrected chi connectivity index (χ1v) is 11.6. The summed E-state index contributed by atoms with van der Waals surface area (Å²) in [6.45, 7) is 14.4. The molecular weight excluding hydrogens is 300 g/mol. The van der Waals surface area contributed by atoms with Gasteiger partial charge in [0.1, 0.15) is 0 Å². The maximum Gasteiger partial charge on any atom is -0.0152 e. The summed E-state index contributed by atoms with van der Waals surface area (Å²) in [6, 6.07) is 0. The van der Waals surface area contributed by atoms with Crippen LogP contribution in [0.25, 0.3) is 0 Å². The van der Waals surface area contributed by atoms with Gasteiger partial charge in [0.25, 0.3) is 0 Å². The summed E-state index contributed by atoms with van der Waals surface area (Å²) in [6.07, 6.45) is 16.5. The SMILES string of the molecule is C=C(C)[C@H]1CCC2[C@@H]3CCC4C[C@@H](CCC)CC[C@]4(C)C3CC[C@@]21C. The monoisotopic (exact) mass is 342 g/mol. The lowest BCUT2D eigenvalue weighted by Crippen LogP contribution is -2.53. The van der Waals surface area contributed by atoms with Crippen LogP contribution < -0.4 is 0 Å². The fraction of sp³-hybridized carbons (Fsp3) is 0.920. The second kappa shape index (κ2) is 6.42. The largest absolute Gasteiger partial charge is 0.0998 e. The van der Waals surface area contributed by atoms with Crippen molar-refractivity contribution in [2.45, 2.75) is 98.3 Å². The summed E-state index contributed by atoms with van der Waals surface area (Å²) in [5.41, 5.74) is 2.73. The van der Waals surface area contributed by atoms with Gasteiger partial charge >= 0.3 is 0 Å². The standard InChI is InChI=1S/C25H42/c1-6-7-18-12-14-24(4)19(16-18)8-9-20-22-11-10-21(17(2)3)25(22,5)15-13-23(20)24/h18-23H,2,6-16H2,1,3-5H3/t18-,19?,20-,21+,22?,23?,24-,25+/m0/s1. The predicted octanol–water partition coefficient (Wildman–Crippen LogP) is 7.64. The Balaban J connectivity index is 1.55. The molecule has 0 N–H and O–H groups in total. The average Bonchev–Trinajstić information content (AvgIpc) is 2.93. The normalized spacial score (nSPS) is 52.2. The minimum atomic E-state index is 0.579. The fourth-order valence-corrected chi connectivity index (χ4v) is 8.83. The Morgan fingerprint density at radius 2 is 1.64 bits per heavy atom. The molecule has 3 unspecified atom stereocenters. The predicted molar refractivity (Wildman–Crippen MR) is 108 cm³/mol. The van der Waals surface area contributed by atoms with Crippen molar-refractivity contribution in [3.63, 3.8) is 0 Å². The Morgan fingerprint density at radius 3 is 2.36 bits per heavy atom. The molecule has 0 aromatic carbocycles. The van der Waals surface area contributed by atoms with Gasteiger partial charge in [0.15, 0.2) is 0 Å². The van der Waals surface area contributed by atoms with Gasteiger partial charge in [-0.1, -0.05) is 45.8 Å². The molecule has 0 aliphatic heterocycles. The molecule has 0 amide bonds. The quantitative estimate of drug-likeness (QED) is 0.462. The lowest BCUT2D eigenvalue weighted by atomic mass is 9.44. The highest BCUT2D eigenvalue weighted by Crippen LogP contribution is 2.68. The van der Waals surface area contributed by atoms with E-state index < -0.39 is 0 Å². The molecule has 4 aliphatic rings. The Hall–Kier alpha value is -0.260. The summed E-state index contributed by atoms with van der Waals surface area (Å²) in [7, 11) is 0. The summed E-state index contributed by atoms with van der Waals surface area (Å²) in [4.78, 5) is 0. The molecule has 0 saturated heterocycles. The van der Waals surface area contributed by atoms with Crippen molar-refractivity contribution in [3.05, 3.63) is 12.2 Å². The Morgan fingerprint density at radius 1 is 0.920 bits per heavy atom. The van der Waals surface area contributed by atoms with Crippen LogP contribution in [0, 0.1) is 46.3 Å². The maximum atomic E-state index is 4.38. The van der Waals surface area contributed by atoms with E-state index in [1.54, 1.807) is 19.3 Å². The fourth-order valence-electron chi connectivity index (χ4n) is 8.83. The molecule has 4 saturated carbocycles. The molecule has 4 rings (SSSR count). The number of hydrogen-bond donors (Lipinski definition) is 0. The van der Waals surface area contributed by atoms with Gasteiger partial charge in [-0.3, -0.25) is 0 Å². The second-order valence-electron chi connectivity index (χ2n) is 11.1. The Labute approximate surface area is 157 Å². The highest BCUT2D eigenvalue weighted by atomic mass is 14.6. The van der Waals surface area contributed by atoms with E-state index >= 15 is 0 Å². The van der Waals surface area contributed by atoms with E-state index in [1.165, 1.54) is 56.9 Å². The van der Waals surface area contributed by atoms with Gasteiger partial charge < -0.3 is 0 Å². The third-order valence-electron chi connectivity index (χ3n) is 10.1. The van der Waals surface area contributed by atoms with Gasteiger partial charge in [-0.2, -0.15) is 0 Å². The topological polar surface area (TPSA) is 0 Å². The number of fused-ring (bicyclic) bond motifs is 5. The van der Waals surface area contributed by atoms with Gasteiger partial charge in [0.05, 0.1) is 0 Å². The first-order valence-electron chi connectivity index (χ1n) is 11.6. The first kappa shape index (κ1) is 18.1. The molecular formula is C25H42. The van der Waals surface area contributed by atoms with Crippen molar-refractivity contribution in [1.29, 1.82) is 0 Å². The van der Waals surface area contributed by atoms with Crippen LogP contribution in [0.3, 0.4) is 0 Å². The molecule has 0 heteroatoms. The minimum absolute atomic E-state index is 0.579. The number of hydrogen-bond acceptors (Lipinski definition) is 0. The van der Waals surface area contributed by atoms with E-state index in [9.17, 15) is 0 Å². The minimum Gasteiger partial charge on any atom is -0.0998 e. The molecule has 25 heavy (non-hydrogen) atoms. The molecule has 4 fully saturated rings.